The molecule has 1 aliphatic rings. The largest absolute Gasteiger partial charge is 1.00 e. The van der Waals surface area contributed by atoms with Gasteiger partial charge in [-0.3, -0.25) is 0 Å². The SMILES string of the molecule is CCCCCCC(CCOCC1COc2cscc2O1)S(=O)(=O)[O-].[Na+]. The van der Waals surface area contributed by atoms with Gasteiger partial charge >= 0.3 is 29.6 Å². The zero-order chi connectivity index (χ0) is 17.4. The van der Waals surface area contributed by atoms with Gasteiger partial charge in [0.25, 0.3) is 0 Å². The van der Waals surface area contributed by atoms with E-state index in [2.05, 4.69) is 6.92 Å². The molecule has 0 spiro atoms. The van der Waals surface area contributed by atoms with E-state index in [0.29, 0.717) is 19.6 Å². The molecule has 6 nitrogen and oxygen atoms in total. The maximum atomic E-state index is 11.3. The normalized spacial score (nSPS) is 17.8. The first-order valence-electron chi connectivity index (χ1n) is 8.38. The fourth-order valence-corrected chi connectivity index (χ4v) is 4.12. The van der Waals surface area contributed by atoms with Crippen LogP contribution in [-0.4, -0.2) is 44.1 Å². The van der Waals surface area contributed by atoms with Gasteiger partial charge in [-0.2, -0.15) is 0 Å². The van der Waals surface area contributed by atoms with Crippen molar-refractivity contribution in [2.24, 2.45) is 0 Å². The molecule has 138 valence electrons. The summed E-state index contributed by atoms with van der Waals surface area (Å²) >= 11 is 1.51. The molecule has 0 saturated carbocycles. The van der Waals surface area contributed by atoms with E-state index in [1.807, 2.05) is 10.8 Å². The van der Waals surface area contributed by atoms with Crippen molar-refractivity contribution in [1.29, 1.82) is 0 Å². The third-order valence-electron chi connectivity index (χ3n) is 3.99. The molecule has 25 heavy (non-hydrogen) atoms. The molecule has 2 rings (SSSR count). The molecule has 2 atom stereocenters. The third kappa shape index (κ3) is 8.15. The summed E-state index contributed by atoms with van der Waals surface area (Å²) in [5.74, 6) is 1.47. The Balaban J connectivity index is 0.00000312. The fourth-order valence-electron chi connectivity index (χ4n) is 2.60. The van der Waals surface area contributed by atoms with E-state index in [9.17, 15) is 13.0 Å². The summed E-state index contributed by atoms with van der Waals surface area (Å²) in [6.07, 6.45) is 4.30. The Morgan fingerprint density at radius 2 is 2.04 bits per heavy atom. The van der Waals surface area contributed by atoms with Crippen molar-refractivity contribution in [2.75, 3.05) is 19.8 Å². The Hall–Kier alpha value is 0.170. The van der Waals surface area contributed by atoms with Crippen molar-refractivity contribution >= 4 is 21.5 Å². The molecule has 0 aromatic carbocycles. The van der Waals surface area contributed by atoms with Crippen LogP contribution in [0, 0.1) is 0 Å². The average molecular weight is 400 g/mol. The second-order valence-corrected chi connectivity index (χ2v) is 8.37. The van der Waals surface area contributed by atoms with E-state index in [4.69, 9.17) is 14.2 Å². The summed E-state index contributed by atoms with van der Waals surface area (Å²) in [7, 11) is -4.27. The van der Waals surface area contributed by atoms with Gasteiger partial charge in [0.05, 0.1) is 22.0 Å². The van der Waals surface area contributed by atoms with E-state index in [1.54, 1.807) is 0 Å². The molecule has 0 radical (unpaired) electrons. The number of fused-ring (bicyclic) bond motifs is 1. The number of hydrogen-bond donors (Lipinski definition) is 0. The minimum absolute atomic E-state index is 0. The van der Waals surface area contributed by atoms with Crippen LogP contribution in [0.15, 0.2) is 10.8 Å². The van der Waals surface area contributed by atoms with Crippen LogP contribution in [0.3, 0.4) is 0 Å². The molecule has 0 aliphatic carbocycles. The molecule has 1 aromatic heterocycles. The zero-order valence-corrected chi connectivity index (χ0v) is 18.6. The van der Waals surface area contributed by atoms with E-state index in [-0.39, 0.29) is 48.7 Å². The Morgan fingerprint density at radius 3 is 2.76 bits per heavy atom. The van der Waals surface area contributed by atoms with Crippen molar-refractivity contribution < 1.29 is 56.7 Å². The molecule has 0 bridgehead atoms. The number of thiophene rings is 1. The zero-order valence-electron chi connectivity index (χ0n) is 14.9. The van der Waals surface area contributed by atoms with Gasteiger partial charge < -0.3 is 18.8 Å². The molecule has 2 heterocycles. The van der Waals surface area contributed by atoms with Crippen LogP contribution in [0.5, 0.6) is 11.5 Å². The van der Waals surface area contributed by atoms with Gasteiger partial charge in [-0.15, -0.1) is 11.3 Å². The molecule has 0 N–H and O–H groups in total. The van der Waals surface area contributed by atoms with Gasteiger partial charge in [-0.1, -0.05) is 32.6 Å². The first kappa shape index (κ1) is 23.2. The third-order valence-corrected chi connectivity index (χ3v) is 5.98. The van der Waals surface area contributed by atoms with Crippen molar-refractivity contribution in [1.82, 2.24) is 0 Å². The van der Waals surface area contributed by atoms with Crippen molar-refractivity contribution in [3.05, 3.63) is 10.8 Å². The summed E-state index contributed by atoms with van der Waals surface area (Å²) in [4.78, 5) is 0. The van der Waals surface area contributed by atoms with Crippen LogP contribution in [0.1, 0.15) is 45.4 Å². The van der Waals surface area contributed by atoms with Crippen molar-refractivity contribution in [3.63, 3.8) is 0 Å². The molecule has 0 amide bonds. The Kier molecular flexibility index (Phi) is 10.9. The maximum Gasteiger partial charge on any atom is 1.00 e. The quantitative estimate of drug-likeness (QED) is 0.299. The molecule has 1 aliphatic heterocycles. The predicted molar refractivity (Wildman–Crippen MR) is 91.9 cm³/mol. The Labute approximate surface area is 176 Å². The van der Waals surface area contributed by atoms with Gasteiger partial charge in [-0.05, 0) is 12.8 Å². The topological polar surface area (TPSA) is 84.9 Å². The maximum absolute atomic E-state index is 11.3. The summed E-state index contributed by atoms with van der Waals surface area (Å²) in [6.45, 7) is 3.04. The van der Waals surface area contributed by atoms with Crippen LogP contribution in [0.25, 0.3) is 0 Å². The van der Waals surface area contributed by atoms with Crippen LogP contribution in [0.2, 0.25) is 0 Å². The standard InChI is InChI=1S/C16H26O6S2.Na/c1-2-3-4-5-6-14(24(17,18)19)7-8-20-9-13-10-21-15-11-23-12-16(15)22-13;/h11-14H,2-10H2,1H3,(H,17,18,19);/q;+1/p-1. The van der Waals surface area contributed by atoms with Crippen LogP contribution >= 0.6 is 11.3 Å². The predicted octanol–water partition coefficient (Wildman–Crippen LogP) is 0.183. The molecular weight excluding hydrogens is 375 g/mol. The molecule has 0 fully saturated rings. The van der Waals surface area contributed by atoms with Crippen molar-refractivity contribution in [2.45, 2.75) is 56.8 Å². The smallest absolute Gasteiger partial charge is 0.748 e. The van der Waals surface area contributed by atoms with Gasteiger partial charge in [-0.25, -0.2) is 8.42 Å². The molecule has 0 saturated heterocycles. The first-order chi connectivity index (χ1) is 11.5. The van der Waals surface area contributed by atoms with Crippen LogP contribution in [0.4, 0.5) is 0 Å². The summed E-state index contributed by atoms with van der Waals surface area (Å²) in [5.41, 5.74) is 0. The molecule has 2 unspecified atom stereocenters. The van der Waals surface area contributed by atoms with Gasteiger partial charge in [0, 0.05) is 17.4 Å². The Morgan fingerprint density at radius 1 is 1.28 bits per heavy atom. The van der Waals surface area contributed by atoms with E-state index in [1.165, 1.54) is 11.3 Å². The monoisotopic (exact) mass is 400 g/mol. The molecule has 9 heteroatoms. The number of ether oxygens (including phenoxy) is 3. The van der Waals surface area contributed by atoms with Crippen LogP contribution < -0.4 is 39.0 Å². The molecule has 1 aromatic rings. The fraction of sp³-hybridized carbons (Fsp3) is 0.750. The van der Waals surface area contributed by atoms with Crippen LogP contribution in [-0.2, 0) is 14.9 Å². The Bertz CT molecular complexity index is 589. The summed E-state index contributed by atoms with van der Waals surface area (Å²) in [6, 6.07) is 0. The number of rotatable bonds is 11. The summed E-state index contributed by atoms with van der Waals surface area (Å²) < 4.78 is 50.8. The first-order valence-corrected chi connectivity index (χ1v) is 10.8. The van der Waals surface area contributed by atoms with E-state index >= 15 is 0 Å². The van der Waals surface area contributed by atoms with E-state index < -0.39 is 15.4 Å². The molecular formula is C16H25NaO6S2. The van der Waals surface area contributed by atoms with E-state index in [0.717, 1.165) is 37.2 Å². The van der Waals surface area contributed by atoms with Gasteiger partial charge in [0.2, 0.25) is 0 Å². The van der Waals surface area contributed by atoms with Crippen molar-refractivity contribution in [3.8, 4) is 11.5 Å². The van der Waals surface area contributed by atoms with Gasteiger partial charge in [0.1, 0.15) is 6.61 Å². The average Bonchev–Trinajstić information content (AvgIpc) is 2.99. The second-order valence-electron chi connectivity index (χ2n) is 5.98. The summed E-state index contributed by atoms with van der Waals surface area (Å²) in [5, 5.41) is 2.90. The minimum atomic E-state index is -4.27. The minimum Gasteiger partial charge on any atom is -0.748 e. The second kappa shape index (κ2) is 11.8. The number of hydrogen-bond acceptors (Lipinski definition) is 7. The van der Waals surface area contributed by atoms with Gasteiger partial charge in [0.15, 0.2) is 17.6 Å². The number of unbranched alkanes of at least 4 members (excludes halogenated alkanes) is 3.